The molecule has 1 fully saturated rings. The number of nitrogens with zero attached hydrogens (tertiary/aromatic N) is 3. The minimum absolute atomic E-state index is 0.0617. The van der Waals surface area contributed by atoms with Crippen molar-refractivity contribution in [2.24, 2.45) is 10.2 Å². The van der Waals surface area contributed by atoms with Gasteiger partial charge in [-0.05, 0) is 84.4 Å². The van der Waals surface area contributed by atoms with Crippen LogP contribution in [-0.4, -0.2) is 28.9 Å². The molecule has 1 saturated heterocycles. The van der Waals surface area contributed by atoms with Crippen molar-refractivity contribution in [2.45, 2.75) is 16.6 Å². The highest BCUT2D eigenvalue weighted by Gasteiger charge is 2.40. The Hall–Kier alpha value is -6.13. The van der Waals surface area contributed by atoms with Gasteiger partial charge in [0.1, 0.15) is 5.70 Å². The number of benzene rings is 5. The lowest BCUT2D eigenvalue weighted by Gasteiger charge is -2.15. The third-order valence-corrected chi connectivity index (χ3v) is 8.48. The Morgan fingerprint density at radius 1 is 0.708 bits per heavy atom. The number of azo groups is 1. The number of imide groups is 1. The normalized spacial score (nSPS) is 14.7. The summed E-state index contributed by atoms with van der Waals surface area (Å²) in [5, 5.41) is 13.4. The first kappa shape index (κ1) is 31.8. The number of anilines is 2. The molecule has 48 heavy (non-hydrogen) atoms. The molecule has 0 spiro atoms. The van der Waals surface area contributed by atoms with Crippen LogP contribution in [0.25, 0.3) is 6.08 Å². The van der Waals surface area contributed by atoms with Crippen LogP contribution in [0.3, 0.4) is 0 Å². The van der Waals surface area contributed by atoms with Gasteiger partial charge in [-0.1, -0.05) is 66.7 Å². The number of hydrogen-bond donors (Lipinski definition) is 2. The zero-order chi connectivity index (χ0) is 33.3. The van der Waals surface area contributed by atoms with Crippen molar-refractivity contribution in [1.82, 2.24) is 5.32 Å². The molecular weight excluding hydrogens is 623 g/mol. The van der Waals surface area contributed by atoms with E-state index in [9.17, 15) is 19.2 Å². The maximum Gasteiger partial charge on any atom is 0.272 e. The van der Waals surface area contributed by atoms with Crippen LogP contribution in [0.1, 0.15) is 22.3 Å². The van der Waals surface area contributed by atoms with Crippen molar-refractivity contribution in [3.63, 3.8) is 0 Å². The molecule has 236 valence electrons. The lowest BCUT2D eigenvalue weighted by Crippen LogP contribution is -2.31. The Bertz CT molecular complexity index is 1980. The van der Waals surface area contributed by atoms with Crippen LogP contribution in [0.2, 0.25) is 0 Å². The number of thioether (sulfide) groups is 1. The third kappa shape index (κ3) is 7.98. The van der Waals surface area contributed by atoms with Gasteiger partial charge in [-0.3, -0.25) is 19.2 Å². The lowest BCUT2D eigenvalue weighted by molar-refractivity contribution is -0.121. The zero-order valence-corrected chi connectivity index (χ0v) is 26.3. The molecule has 1 aliphatic rings. The van der Waals surface area contributed by atoms with E-state index in [1.54, 1.807) is 78.9 Å². The summed E-state index contributed by atoms with van der Waals surface area (Å²) >= 11 is 1.29. The van der Waals surface area contributed by atoms with Crippen molar-refractivity contribution in [3.8, 4) is 0 Å². The van der Waals surface area contributed by atoms with E-state index in [0.29, 0.717) is 22.6 Å². The van der Waals surface area contributed by atoms with E-state index in [4.69, 9.17) is 0 Å². The summed E-state index contributed by atoms with van der Waals surface area (Å²) in [6, 6.07) is 41.0. The molecule has 0 bridgehead atoms. The predicted molar refractivity (Wildman–Crippen MR) is 187 cm³/mol. The van der Waals surface area contributed by atoms with E-state index in [2.05, 4.69) is 20.9 Å². The second kappa shape index (κ2) is 15.0. The standard InChI is InChI=1S/C38H29N5O4S/c44-35-25-34(38(47)43(35)31-20-16-30(17-21-31)42-41-29-14-8-3-9-15-29)48-32-22-18-28(19-23-32)39-37(46)33(24-26-10-4-1-5-11-26)40-36(45)27-12-6-2-7-13-27/h1-24,34H,25H2,(H,39,46)(H,40,45). The van der Waals surface area contributed by atoms with Crippen molar-refractivity contribution in [2.75, 3.05) is 10.2 Å². The largest absolute Gasteiger partial charge is 0.321 e. The first-order valence-electron chi connectivity index (χ1n) is 15.1. The van der Waals surface area contributed by atoms with Gasteiger partial charge in [-0.25, -0.2) is 4.90 Å². The predicted octanol–water partition coefficient (Wildman–Crippen LogP) is 7.94. The number of carbonyl (C=O) groups is 4. The van der Waals surface area contributed by atoms with E-state index in [-0.39, 0.29) is 23.9 Å². The maximum absolute atomic E-state index is 13.3. The number of amides is 4. The van der Waals surface area contributed by atoms with Crippen molar-refractivity contribution in [1.29, 1.82) is 0 Å². The third-order valence-electron chi connectivity index (χ3n) is 7.28. The van der Waals surface area contributed by atoms with Gasteiger partial charge in [0.2, 0.25) is 11.8 Å². The van der Waals surface area contributed by atoms with E-state index >= 15 is 0 Å². The fraction of sp³-hybridized carbons (Fsp3) is 0.0526. The topological polar surface area (TPSA) is 120 Å². The molecule has 4 amide bonds. The molecule has 1 atom stereocenters. The lowest BCUT2D eigenvalue weighted by atomic mass is 10.1. The number of hydrogen-bond acceptors (Lipinski definition) is 7. The summed E-state index contributed by atoms with van der Waals surface area (Å²) in [6.45, 7) is 0. The van der Waals surface area contributed by atoms with Crippen molar-refractivity contribution < 1.29 is 19.2 Å². The second-order valence-corrected chi connectivity index (χ2v) is 12.0. The summed E-state index contributed by atoms with van der Waals surface area (Å²) in [5.41, 5.74) is 3.54. The van der Waals surface area contributed by atoms with E-state index < -0.39 is 17.1 Å². The molecule has 10 heteroatoms. The SMILES string of the molecule is O=C(Nc1ccc(SC2CC(=O)N(c3ccc(N=Nc4ccccc4)cc3)C2=O)cc1)C(=Cc1ccccc1)NC(=O)c1ccccc1. The van der Waals surface area contributed by atoms with Crippen LogP contribution in [0.4, 0.5) is 22.7 Å². The van der Waals surface area contributed by atoms with Crippen LogP contribution < -0.4 is 15.5 Å². The number of carbonyl (C=O) groups excluding carboxylic acids is 4. The molecule has 2 N–H and O–H groups in total. The van der Waals surface area contributed by atoms with Gasteiger partial charge in [0.25, 0.3) is 11.8 Å². The quantitative estimate of drug-likeness (QED) is 0.0903. The highest BCUT2D eigenvalue weighted by molar-refractivity contribution is 8.00. The Kier molecular flexibility index (Phi) is 9.93. The molecule has 6 rings (SSSR count). The van der Waals surface area contributed by atoms with E-state index in [1.165, 1.54) is 16.7 Å². The van der Waals surface area contributed by atoms with Gasteiger partial charge in [0.05, 0.1) is 22.3 Å². The molecular formula is C38H29N5O4S. The molecule has 1 unspecified atom stereocenters. The Balaban J connectivity index is 1.09. The molecule has 0 aromatic heterocycles. The number of rotatable bonds is 10. The van der Waals surface area contributed by atoms with Gasteiger partial charge in [-0.2, -0.15) is 10.2 Å². The van der Waals surface area contributed by atoms with Gasteiger partial charge in [0.15, 0.2) is 0 Å². The van der Waals surface area contributed by atoms with Crippen LogP contribution in [0.15, 0.2) is 160 Å². The Morgan fingerprint density at radius 2 is 1.29 bits per heavy atom. The van der Waals surface area contributed by atoms with Gasteiger partial charge < -0.3 is 10.6 Å². The first-order chi connectivity index (χ1) is 23.4. The average Bonchev–Trinajstić information content (AvgIpc) is 3.40. The second-order valence-electron chi connectivity index (χ2n) is 10.7. The van der Waals surface area contributed by atoms with Gasteiger partial charge >= 0.3 is 0 Å². The van der Waals surface area contributed by atoms with Crippen LogP contribution in [0.5, 0.6) is 0 Å². The summed E-state index contributed by atoms with van der Waals surface area (Å²) in [4.78, 5) is 54.3. The summed E-state index contributed by atoms with van der Waals surface area (Å²) in [7, 11) is 0. The minimum Gasteiger partial charge on any atom is -0.321 e. The molecule has 1 heterocycles. The monoisotopic (exact) mass is 651 g/mol. The van der Waals surface area contributed by atoms with Crippen LogP contribution in [-0.2, 0) is 14.4 Å². The van der Waals surface area contributed by atoms with Crippen molar-refractivity contribution >= 4 is 64.2 Å². The molecule has 0 saturated carbocycles. The molecule has 1 aliphatic heterocycles. The van der Waals surface area contributed by atoms with Crippen molar-refractivity contribution in [3.05, 3.63) is 156 Å². The Labute approximate surface area is 281 Å². The van der Waals surface area contributed by atoms with Gasteiger partial charge in [0, 0.05) is 22.6 Å². The van der Waals surface area contributed by atoms with Crippen LogP contribution in [0, 0.1) is 0 Å². The fourth-order valence-corrected chi connectivity index (χ4v) is 5.94. The highest BCUT2D eigenvalue weighted by Crippen LogP contribution is 2.35. The summed E-state index contributed by atoms with van der Waals surface area (Å²) in [6.07, 6.45) is 1.67. The molecule has 5 aromatic carbocycles. The average molecular weight is 652 g/mol. The number of nitrogens with one attached hydrogen (secondary N) is 2. The molecule has 0 radical (unpaired) electrons. The van der Waals surface area contributed by atoms with E-state index in [1.807, 2.05) is 66.7 Å². The smallest absolute Gasteiger partial charge is 0.272 e. The van der Waals surface area contributed by atoms with Crippen LogP contribution >= 0.6 is 11.8 Å². The zero-order valence-electron chi connectivity index (χ0n) is 25.5. The molecule has 0 aliphatic carbocycles. The molecule has 5 aromatic rings. The maximum atomic E-state index is 13.3. The minimum atomic E-state index is -0.594. The molecule has 9 nitrogen and oxygen atoms in total. The first-order valence-corrected chi connectivity index (χ1v) is 16.0. The Morgan fingerprint density at radius 3 is 1.94 bits per heavy atom. The fourth-order valence-electron chi connectivity index (χ4n) is 4.88. The summed E-state index contributed by atoms with van der Waals surface area (Å²) in [5.74, 6) is -1.49. The summed E-state index contributed by atoms with van der Waals surface area (Å²) < 4.78 is 0. The van der Waals surface area contributed by atoms with Gasteiger partial charge in [-0.15, -0.1) is 11.8 Å². The highest BCUT2D eigenvalue weighted by atomic mass is 32.2. The van der Waals surface area contributed by atoms with E-state index in [0.717, 1.165) is 16.1 Å².